The fraction of sp³-hybridized carbons (Fsp3) is 0.846. The number of allylic oxidation sites excluding steroid dienone is 8. The molecule has 0 aromatic carbocycles. The Kier molecular flexibility index (Phi) is 59.3. The number of esters is 2. The quantitative estimate of drug-likeness (QED) is 0.0373. The van der Waals surface area contributed by atoms with Crippen molar-refractivity contribution in [1.82, 2.24) is 0 Å². The van der Waals surface area contributed by atoms with Gasteiger partial charge in [0.05, 0.1) is 6.61 Å². The average Bonchev–Trinajstić information content (AvgIpc) is 3.36. The fourth-order valence-corrected chi connectivity index (χ4v) is 9.38. The number of rotatable bonds is 58. The Morgan fingerprint density at radius 3 is 0.871 bits per heavy atom. The number of hydrogen-bond donors (Lipinski definition) is 1. The molecule has 0 aliphatic carbocycles. The van der Waals surface area contributed by atoms with E-state index < -0.39 is 6.10 Å². The molecule has 0 aromatic rings. The van der Waals surface area contributed by atoms with Crippen LogP contribution in [0, 0.1) is 0 Å². The maximum atomic E-state index is 12.3. The van der Waals surface area contributed by atoms with Crippen LogP contribution in [0.25, 0.3) is 0 Å². The first-order valence-corrected chi connectivity index (χ1v) is 31.2. The molecule has 5 nitrogen and oxygen atoms in total. The van der Waals surface area contributed by atoms with Crippen molar-refractivity contribution in [2.75, 3.05) is 13.2 Å². The second-order valence-electron chi connectivity index (χ2n) is 21.1. The predicted octanol–water partition coefficient (Wildman–Crippen LogP) is 21.2. The average molecular weight is 982 g/mol. The topological polar surface area (TPSA) is 72.8 Å². The molecular weight excluding hydrogens is 861 g/mol. The zero-order chi connectivity index (χ0) is 50.6. The van der Waals surface area contributed by atoms with Crippen LogP contribution in [0.5, 0.6) is 0 Å². The minimum Gasteiger partial charge on any atom is -0.462 e. The Hall–Kier alpha value is -2.14. The molecule has 0 rings (SSSR count). The van der Waals surface area contributed by atoms with Crippen LogP contribution < -0.4 is 0 Å². The van der Waals surface area contributed by atoms with Gasteiger partial charge in [-0.2, -0.15) is 0 Å². The first kappa shape index (κ1) is 67.9. The lowest BCUT2D eigenvalue weighted by Crippen LogP contribution is -2.28. The van der Waals surface area contributed by atoms with E-state index in [0.29, 0.717) is 12.8 Å². The van der Waals surface area contributed by atoms with Crippen LogP contribution in [0.2, 0.25) is 0 Å². The molecule has 0 bridgehead atoms. The lowest BCUT2D eigenvalue weighted by Gasteiger charge is -2.15. The lowest BCUT2D eigenvalue weighted by molar-refractivity contribution is -0.161. The Bertz CT molecular complexity index is 1150. The summed E-state index contributed by atoms with van der Waals surface area (Å²) >= 11 is 0. The third-order valence-electron chi connectivity index (χ3n) is 14.1. The summed E-state index contributed by atoms with van der Waals surface area (Å²) in [6, 6.07) is 0. The van der Waals surface area contributed by atoms with E-state index in [-0.39, 0.29) is 25.2 Å². The van der Waals surface area contributed by atoms with Gasteiger partial charge < -0.3 is 14.6 Å². The van der Waals surface area contributed by atoms with Gasteiger partial charge in [-0.15, -0.1) is 0 Å². The zero-order valence-corrected chi connectivity index (χ0v) is 47.0. The number of aliphatic hydroxyl groups is 1. The Morgan fingerprint density at radius 2 is 0.571 bits per heavy atom. The molecule has 0 fully saturated rings. The number of carbonyl (C=O) groups is 2. The number of aliphatic hydroxyl groups excluding tert-OH is 1. The SMILES string of the molecule is CCCCCCC/C=C\C/C=C\C/C=C\CCCCCCCCCCCCCCCCCCCCCCCCC(=O)OC(CO)COC(=O)CCCCCCCCCCC/C=C\CCCCCCCC. The maximum Gasteiger partial charge on any atom is 0.306 e. The van der Waals surface area contributed by atoms with Crippen molar-refractivity contribution < 1.29 is 24.2 Å². The maximum absolute atomic E-state index is 12.3. The van der Waals surface area contributed by atoms with Gasteiger partial charge in [-0.05, 0) is 77.0 Å². The second kappa shape index (κ2) is 61.2. The monoisotopic (exact) mass is 981 g/mol. The van der Waals surface area contributed by atoms with Crippen LogP contribution in [0.4, 0.5) is 0 Å². The second-order valence-corrected chi connectivity index (χ2v) is 21.1. The van der Waals surface area contributed by atoms with E-state index in [2.05, 4.69) is 62.5 Å². The zero-order valence-electron chi connectivity index (χ0n) is 47.0. The van der Waals surface area contributed by atoms with Crippen LogP contribution in [-0.2, 0) is 19.1 Å². The Labute approximate surface area is 437 Å². The van der Waals surface area contributed by atoms with Crippen molar-refractivity contribution in [3.8, 4) is 0 Å². The van der Waals surface area contributed by atoms with Crippen LogP contribution >= 0.6 is 0 Å². The minimum absolute atomic E-state index is 0.0627. The standard InChI is InChI=1S/C65H120O5/c1-3-5-7-9-11-13-15-17-19-21-23-24-25-26-27-28-29-30-31-32-33-34-35-36-37-38-39-40-42-44-46-48-50-52-54-56-58-60-65(68)70-63(61-66)62-69-64(67)59-57-55-53-51-49-47-45-43-41-22-20-18-16-14-12-10-8-6-4-2/h15,17-18,20-21,23,25-26,63,66H,3-14,16,19,22,24,27-62H2,1-2H3/b17-15-,20-18-,23-21-,26-25-. The molecule has 0 aromatic heterocycles. The summed E-state index contributed by atoms with van der Waals surface area (Å²) in [5.41, 5.74) is 0. The summed E-state index contributed by atoms with van der Waals surface area (Å²) in [5, 5.41) is 9.66. The highest BCUT2D eigenvalue weighted by molar-refractivity contribution is 5.70. The van der Waals surface area contributed by atoms with Crippen molar-refractivity contribution in [3.63, 3.8) is 0 Å². The first-order valence-electron chi connectivity index (χ1n) is 31.2. The molecule has 0 saturated heterocycles. The molecule has 0 spiro atoms. The molecule has 5 heteroatoms. The molecular formula is C65H120O5. The van der Waals surface area contributed by atoms with Crippen molar-refractivity contribution in [1.29, 1.82) is 0 Å². The van der Waals surface area contributed by atoms with Crippen LogP contribution in [0.15, 0.2) is 48.6 Å². The van der Waals surface area contributed by atoms with Gasteiger partial charge in [0.25, 0.3) is 0 Å². The van der Waals surface area contributed by atoms with Crippen molar-refractivity contribution in [3.05, 3.63) is 48.6 Å². The molecule has 0 heterocycles. The van der Waals surface area contributed by atoms with Gasteiger partial charge in [0.15, 0.2) is 6.10 Å². The van der Waals surface area contributed by atoms with E-state index in [1.807, 2.05) is 0 Å². The Morgan fingerprint density at radius 1 is 0.329 bits per heavy atom. The van der Waals surface area contributed by atoms with Gasteiger partial charge in [0.1, 0.15) is 6.61 Å². The highest BCUT2D eigenvalue weighted by atomic mass is 16.6. The van der Waals surface area contributed by atoms with E-state index in [9.17, 15) is 14.7 Å². The highest BCUT2D eigenvalue weighted by Crippen LogP contribution is 2.17. The number of ether oxygens (including phenoxy) is 2. The van der Waals surface area contributed by atoms with Gasteiger partial charge >= 0.3 is 11.9 Å². The van der Waals surface area contributed by atoms with Crippen LogP contribution in [0.3, 0.4) is 0 Å². The van der Waals surface area contributed by atoms with Crippen molar-refractivity contribution in [2.24, 2.45) is 0 Å². The van der Waals surface area contributed by atoms with Crippen LogP contribution in [0.1, 0.15) is 335 Å². The molecule has 0 aliphatic rings. The molecule has 410 valence electrons. The molecule has 1 N–H and O–H groups in total. The number of unbranched alkanes of at least 4 members (excludes halogenated alkanes) is 42. The van der Waals surface area contributed by atoms with Crippen molar-refractivity contribution >= 4 is 11.9 Å². The number of hydrogen-bond acceptors (Lipinski definition) is 5. The summed E-state index contributed by atoms with van der Waals surface area (Å²) in [7, 11) is 0. The predicted molar refractivity (Wildman–Crippen MR) is 307 cm³/mol. The molecule has 1 atom stereocenters. The van der Waals surface area contributed by atoms with Gasteiger partial charge in [0.2, 0.25) is 0 Å². The Balaban J connectivity index is 3.41. The highest BCUT2D eigenvalue weighted by Gasteiger charge is 2.16. The van der Waals surface area contributed by atoms with E-state index in [1.165, 1.54) is 257 Å². The van der Waals surface area contributed by atoms with Gasteiger partial charge in [-0.25, -0.2) is 0 Å². The molecule has 0 aliphatic heterocycles. The summed E-state index contributed by atoms with van der Waals surface area (Å²) in [5.74, 6) is -0.576. The third-order valence-corrected chi connectivity index (χ3v) is 14.1. The smallest absolute Gasteiger partial charge is 0.306 e. The fourth-order valence-electron chi connectivity index (χ4n) is 9.38. The normalized spacial score (nSPS) is 12.4. The summed E-state index contributed by atoms with van der Waals surface area (Å²) in [6.07, 6.45) is 81.2. The first-order chi connectivity index (χ1) is 34.6. The van der Waals surface area contributed by atoms with E-state index in [0.717, 1.165) is 51.4 Å². The van der Waals surface area contributed by atoms with E-state index in [1.54, 1.807) is 0 Å². The van der Waals surface area contributed by atoms with Gasteiger partial charge in [-0.1, -0.05) is 294 Å². The molecule has 1 unspecified atom stereocenters. The van der Waals surface area contributed by atoms with Gasteiger partial charge in [0, 0.05) is 12.8 Å². The largest absolute Gasteiger partial charge is 0.462 e. The number of carbonyl (C=O) groups excluding carboxylic acids is 2. The third kappa shape index (κ3) is 58.4. The lowest BCUT2D eigenvalue weighted by atomic mass is 10.0. The molecule has 0 amide bonds. The molecule has 0 saturated carbocycles. The van der Waals surface area contributed by atoms with E-state index >= 15 is 0 Å². The summed E-state index contributed by atoms with van der Waals surface area (Å²) in [6.45, 7) is 4.16. The molecule has 70 heavy (non-hydrogen) atoms. The molecule has 0 radical (unpaired) electrons. The van der Waals surface area contributed by atoms with Crippen LogP contribution in [-0.4, -0.2) is 36.4 Å². The van der Waals surface area contributed by atoms with Crippen molar-refractivity contribution in [2.45, 2.75) is 341 Å². The van der Waals surface area contributed by atoms with Gasteiger partial charge in [-0.3, -0.25) is 9.59 Å². The summed E-state index contributed by atoms with van der Waals surface area (Å²) in [4.78, 5) is 24.5. The van der Waals surface area contributed by atoms with E-state index in [4.69, 9.17) is 9.47 Å². The summed E-state index contributed by atoms with van der Waals surface area (Å²) < 4.78 is 10.7. The minimum atomic E-state index is -0.771.